The van der Waals surface area contributed by atoms with Crippen molar-refractivity contribution in [3.05, 3.63) is 107 Å². The average molecular weight is 425 g/mol. The van der Waals surface area contributed by atoms with E-state index in [0.29, 0.717) is 23.2 Å². The number of amides is 3. The molecule has 0 saturated carbocycles. The minimum absolute atomic E-state index is 0.0759. The molecule has 160 valence electrons. The summed E-state index contributed by atoms with van der Waals surface area (Å²) in [5.74, 6) is -0.727. The van der Waals surface area contributed by atoms with E-state index in [-0.39, 0.29) is 30.3 Å². The molecule has 0 N–H and O–H groups in total. The molecular weight excluding hydrogens is 400 g/mol. The lowest BCUT2D eigenvalue weighted by atomic mass is 10.0. The van der Waals surface area contributed by atoms with Crippen molar-refractivity contribution >= 4 is 17.7 Å². The molecule has 0 bridgehead atoms. The SMILES string of the molecule is O=C1c2ccc(C(=O)N3CCCC3Cc3ccccc3)cc2C(=O)N1Cc1ccccc1. The maximum Gasteiger partial charge on any atom is 0.261 e. The highest BCUT2D eigenvalue weighted by Gasteiger charge is 2.37. The van der Waals surface area contributed by atoms with E-state index < -0.39 is 0 Å². The summed E-state index contributed by atoms with van der Waals surface area (Å²) in [6.45, 7) is 0.933. The first-order chi connectivity index (χ1) is 15.6. The van der Waals surface area contributed by atoms with E-state index in [0.717, 1.165) is 24.8 Å². The highest BCUT2D eigenvalue weighted by Crippen LogP contribution is 2.28. The summed E-state index contributed by atoms with van der Waals surface area (Å²) in [5, 5.41) is 0. The van der Waals surface area contributed by atoms with Gasteiger partial charge in [-0.1, -0.05) is 60.7 Å². The van der Waals surface area contributed by atoms with Crippen molar-refractivity contribution in [2.75, 3.05) is 6.54 Å². The number of fused-ring (bicyclic) bond motifs is 1. The van der Waals surface area contributed by atoms with Gasteiger partial charge >= 0.3 is 0 Å². The summed E-state index contributed by atoms with van der Waals surface area (Å²) >= 11 is 0. The standard InChI is InChI=1S/C27H24N2O3/c30-25(28-15-7-12-22(28)16-19-8-3-1-4-9-19)21-13-14-23-24(17-21)27(32)29(26(23)31)18-20-10-5-2-6-11-20/h1-6,8-11,13-14,17,22H,7,12,15-16,18H2. The third-order valence-corrected chi connectivity index (χ3v) is 6.35. The van der Waals surface area contributed by atoms with Gasteiger partial charge in [-0.05, 0) is 48.6 Å². The largest absolute Gasteiger partial charge is 0.335 e. The zero-order valence-electron chi connectivity index (χ0n) is 17.7. The lowest BCUT2D eigenvalue weighted by molar-refractivity contribution is 0.0641. The Labute approximate surface area is 187 Å². The second-order valence-electron chi connectivity index (χ2n) is 8.43. The number of likely N-dealkylation sites (tertiary alicyclic amines) is 1. The number of nitrogens with zero attached hydrogens (tertiary/aromatic N) is 2. The molecule has 1 atom stereocenters. The van der Waals surface area contributed by atoms with Gasteiger partial charge in [-0.15, -0.1) is 0 Å². The normalized spacial score (nSPS) is 17.7. The maximum absolute atomic E-state index is 13.3. The molecule has 0 radical (unpaired) electrons. The Balaban J connectivity index is 1.36. The minimum Gasteiger partial charge on any atom is -0.335 e. The summed E-state index contributed by atoms with van der Waals surface area (Å²) in [4.78, 5) is 42.3. The van der Waals surface area contributed by atoms with Crippen LogP contribution in [-0.4, -0.2) is 40.1 Å². The van der Waals surface area contributed by atoms with E-state index in [9.17, 15) is 14.4 Å². The molecule has 3 amide bonds. The Hall–Kier alpha value is -3.73. The lowest BCUT2D eigenvalue weighted by Crippen LogP contribution is -2.36. The molecule has 1 fully saturated rings. The molecule has 1 unspecified atom stereocenters. The van der Waals surface area contributed by atoms with Crippen LogP contribution in [0.15, 0.2) is 78.9 Å². The van der Waals surface area contributed by atoms with Crippen LogP contribution in [0.25, 0.3) is 0 Å². The monoisotopic (exact) mass is 424 g/mol. The van der Waals surface area contributed by atoms with Crippen LogP contribution in [0.5, 0.6) is 0 Å². The third kappa shape index (κ3) is 3.71. The van der Waals surface area contributed by atoms with Crippen LogP contribution in [0.1, 0.15) is 55.0 Å². The number of hydrogen-bond donors (Lipinski definition) is 0. The molecule has 0 aromatic heterocycles. The van der Waals surface area contributed by atoms with Gasteiger partial charge in [0.15, 0.2) is 0 Å². The van der Waals surface area contributed by atoms with Gasteiger partial charge in [0.2, 0.25) is 0 Å². The second kappa shape index (κ2) is 8.42. The van der Waals surface area contributed by atoms with Gasteiger partial charge < -0.3 is 4.90 Å². The number of rotatable bonds is 5. The molecule has 3 aromatic carbocycles. The first-order valence-corrected chi connectivity index (χ1v) is 11.0. The highest BCUT2D eigenvalue weighted by atomic mass is 16.2. The molecule has 5 heteroatoms. The summed E-state index contributed by atoms with van der Waals surface area (Å²) < 4.78 is 0. The van der Waals surface area contributed by atoms with Crippen molar-refractivity contribution in [2.24, 2.45) is 0 Å². The fraction of sp³-hybridized carbons (Fsp3) is 0.222. The lowest BCUT2D eigenvalue weighted by Gasteiger charge is -2.25. The predicted octanol–water partition coefficient (Wildman–Crippen LogP) is 4.33. The van der Waals surface area contributed by atoms with Crippen molar-refractivity contribution in [1.29, 1.82) is 0 Å². The van der Waals surface area contributed by atoms with Crippen LogP contribution in [0.2, 0.25) is 0 Å². The van der Waals surface area contributed by atoms with Crippen molar-refractivity contribution in [3.8, 4) is 0 Å². The van der Waals surface area contributed by atoms with Crippen molar-refractivity contribution in [1.82, 2.24) is 9.80 Å². The van der Waals surface area contributed by atoms with E-state index in [1.165, 1.54) is 10.5 Å². The Bertz CT molecular complexity index is 1170. The van der Waals surface area contributed by atoms with Crippen LogP contribution in [0, 0.1) is 0 Å². The van der Waals surface area contributed by atoms with Gasteiger partial charge in [-0.25, -0.2) is 0 Å². The van der Waals surface area contributed by atoms with Crippen molar-refractivity contribution < 1.29 is 14.4 Å². The van der Waals surface area contributed by atoms with Crippen molar-refractivity contribution in [2.45, 2.75) is 31.8 Å². The van der Waals surface area contributed by atoms with E-state index in [1.54, 1.807) is 18.2 Å². The van der Waals surface area contributed by atoms with Crippen LogP contribution >= 0.6 is 0 Å². The number of benzene rings is 3. The molecule has 5 rings (SSSR count). The fourth-order valence-corrected chi connectivity index (χ4v) is 4.70. The second-order valence-corrected chi connectivity index (χ2v) is 8.43. The highest BCUT2D eigenvalue weighted by molar-refractivity contribution is 6.22. The van der Waals surface area contributed by atoms with Gasteiger partial charge in [0.05, 0.1) is 17.7 Å². The first kappa shape index (κ1) is 20.2. The molecule has 3 aromatic rings. The number of hydrogen-bond acceptors (Lipinski definition) is 3. The van der Waals surface area contributed by atoms with Gasteiger partial charge in [0, 0.05) is 18.2 Å². The van der Waals surface area contributed by atoms with Gasteiger partial charge in [-0.2, -0.15) is 0 Å². The topological polar surface area (TPSA) is 57.7 Å². The van der Waals surface area contributed by atoms with Crippen LogP contribution in [0.4, 0.5) is 0 Å². The van der Waals surface area contributed by atoms with E-state index >= 15 is 0 Å². The van der Waals surface area contributed by atoms with Crippen LogP contribution < -0.4 is 0 Å². The minimum atomic E-state index is -0.342. The summed E-state index contributed by atoms with van der Waals surface area (Å²) in [5.41, 5.74) is 3.24. The van der Waals surface area contributed by atoms with E-state index in [4.69, 9.17) is 0 Å². The molecule has 32 heavy (non-hydrogen) atoms. The van der Waals surface area contributed by atoms with Gasteiger partial charge in [0.25, 0.3) is 17.7 Å². The van der Waals surface area contributed by atoms with E-state index in [2.05, 4.69) is 12.1 Å². The number of imide groups is 1. The predicted molar refractivity (Wildman–Crippen MR) is 121 cm³/mol. The first-order valence-electron chi connectivity index (χ1n) is 11.0. The Kier molecular flexibility index (Phi) is 5.31. The molecule has 2 aliphatic rings. The molecule has 0 spiro atoms. The van der Waals surface area contributed by atoms with Crippen molar-refractivity contribution in [3.63, 3.8) is 0 Å². The maximum atomic E-state index is 13.3. The summed E-state index contributed by atoms with van der Waals surface area (Å²) in [6, 6.07) is 24.7. The zero-order chi connectivity index (χ0) is 22.1. The fourth-order valence-electron chi connectivity index (χ4n) is 4.70. The molecule has 1 saturated heterocycles. The average Bonchev–Trinajstić information content (AvgIpc) is 3.38. The van der Waals surface area contributed by atoms with Crippen LogP contribution in [-0.2, 0) is 13.0 Å². The zero-order valence-corrected chi connectivity index (χ0v) is 17.7. The smallest absolute Gasteiger partial charge is 0.261 e. The molecule has 2 heterocycles. The summed E-state index contributed by atoms with van der Waals surface area (Å²) in [6.07, 6.45) is 2.75. The van der Waals surface area contributed by atoms with Gasteiger partial charge in [-0.3, -0.25) is 19.3 Å². The molecular formula is C27H24N2O3. The van der Waals surface area contributed by atoms with Crippen LogP contribution in [0.3, 0.4) is 0 Å². The third-order valence-electron chi connectivity index (χ3n) is 6.35. The quantitative estimate of drug-likeness (QED) is 0.573. The Morgan fingerprint density at radius 1 is 0.812 bits per heavy atom. The molecule has 0 aliphatic carbocycles. The van der Waals surface area contributed by atoms with E-state index in [1.807, 2.05) is 53.4 Å². The molecule has 5 nitrogen and oxygen atoms in total. The van der Waals surface area contributed by atoms with Gasteiger partial charge in [0.1, 0.15) is 0 Å². The Morgan fingerprint density at radius 2 is 1.47 bits per heavy atom. The Morgan fingerprint density at radius 3 is 2.19 bits per heavy atom. The summed E-state index contributed by atoms with van der Waals surface area (Å²) in [7, 11) is 0. The number of carbonyl (C=O) groups excluding carboxylic acids is 3. The molecule has 2 aliphatic heterocycles. The number of carbonyl (C=O) groups is 3.